The van der Waals surface area contributed by atoms with Crippen LogP contribution in [0.15, 0.2) is 12.4 Å². The molecule has 0 saturated heterocycles. The molecule has 3 nitrogen and oxygen atoms in total. The second kappa shape index (κ2) is 5.68. The molecule has 90 valence electrons. The highest BCUT2D eigenvalue weighted by molar-refractivity contribution is 8.13. The molecule has 0 aliphatic rings. The fraction of sp³-hybridized carbons (Fsp3) is 0.300. The summed E-state index contributed by atoms with van der Waals surface area (Å²) in [6, 6.07) is 0. The lowest BCUT2D eigenvalue weighted by molar-refractivity contribution is -0.145. The van der Waals surface area contributed by atoms with E-state index < -0.39 is 12.0 Å². The van der Waals surface area contributed by atoms with Gasteiger partial charge in [-0.25, -0.2) is 9.97 Å². The van der Waals surface area contributed by atoms with Crippen LogP contribution >= 0.6 is 11.8 Å². The third-order valence-electron chi connectivity index (χ3n) is 1.49. The Morgan fingerprint density at radius 2 is 2.00 bits per heavy atom. The van der Waals surface area contributed by atoms with Gasteiger partial charge in [-0.15, -0.1) is 0 Å². The molecule has 0 aliphatic carbocycles. The van der Waals surface area contributed by atoms with Crippen molar-refractivity contribution in [2.45, 2.75) is 13.1 Å². The van der Waals surface area contributed by atoms with Crippen molar-refractivity contribution in [1.82, 2.24) is 9.97 Å². The average Bonchev–Trinajstić information content (AvgIpc) is 2.23. The van der Waals surface area contributed by atoms with Crippen LogP contribution in [-0.2, 0) is 11.0 Å². The lowest BCUT2D eigenvalue weighted by atomic mass is 10.3. The number of halogens is 3. The first-order chi connectivity index (χ1) is 7.89. The van der Waals surface area contributed by atoms with E-state index in [0.29, 0.717) is 0 Å². The van der Waals surface area contributed by atoms with Crippen LogP contribution in [0.3, 0.4) is 0 Å². The summed E-state index contributed by atoms with van der Waals surface area (Å²) < 4.78 is 36.3. The normalized spacial score (nSPS) is 10.6. The van der Waals surface area contributed by atoms with Crippen molar-refractivity contribution in [3.63, 3.8) is 0 Å². The first-order valence-electron chi connectivity index (χ1n) is 4.41. The molecular weight excluding hydrogens is 253 g/mol. The highest BCUT2D eigenvalue weighted by atomic mass is 32.2. The quantitative estimate of drug-likeness (QED) is 0.725. The molecule has 7 heteroatoms. The molecule has 0 spiro atoms. The molecule has 1 heterocycles. The molecular formula is C10H7F3N2OS. The highest BCUT2D eigenvalue weighted by Gasteiger charge is 2.34. The minimum absolute atomic E-state index is 0.0667. The van der Waals surface area contributed by atoms with Gasteiger partial charge in [0.2, 0.25) is 5.82 Å². The van der Waals surface area contributed by atoms with Crippen LogP contribution in [0.25, 0.3) is 0 Å². The predicted octanol–water partition coefficient (Wildman–Crippen LogP) is 2.13. The van der Waals surface area contributed by atoms with Crippen molar-refractivity contribution in [2.24, 2.45) is 0 Å². The number of thioether (sulfide) groups is 1. The average molecular weight is 260 g/mol. The summed E-state index contributed by atoms with van der Waals surface area (Å²) in [5.74, 6) is 4.28. The number of carbonyl (C=O) groups is 1. The minimum Gasteiger partial charge on any atom is -0.288 e. The monoisotopic (exact) mass is 260 g/mol. The standard InChI is InChI=1S/C10H7F3N2OS/c1-7(16)17-4-2-3-8-5-14-9(15-6-8)10(11,12)13/h5-6H,4H2,1H3. The molecule has 0 aliphatic heterocycles. The number of alkyl halides is 3. The van der Waals surface area contributed by atoms with E-state index >= 15 is 0 Å². The van der Waals surface area contributed by atoms with Gasteiger partial charge in [0.15, 0.2) is 5.12 Å². The molecule has 0 atom stereocenters. The number of aromatic nitrogens is 2. The smallest absolute Gasteiger partial charge is 0.288 e. The Morgan fingerprint density at radius 1 is 1.41 bits per heavy atom. The fourth-order valence-corrected chi connectivity index (χ4v) is 1.16. The fourth-order valence-electron chi connectivity index (χ4n) is 0.815. The van der Waals surface area contributed by atoms with Crippen molar-refractivity contribution in [3.05, 3.63) is 23.8 Å². The van der Waals surface area contributed by atoms with E-state index in [9.17, 15) is 18.0 Å². The zero-order valence-corrected chi connectivity index (χ0v) is 9.52. The molecule has 17 heavy (non-hydrogen) atoms. The van der Waals surface area contributed by atoms with Crippen molar-refractivity contribution < 1.29 is 18.0 Å². The van der Waals surface area contributed by atoms with E-state index in [2.05, 4.69) is 21.8 Å². The van der Waals surface area contributed by atoms with Crippen molar-refractivity contribution in [1.29, 1.82) is 0 Å². The molecule has 0 radical (unpaired) electrons. The third kappa shape index (κ3) is 4.87. The lowest BCUT2D eigenvalue weighted by Crippen LogP contribution is -2.10. The van der Waals surface area contributed by atoms with Crippen molar-refractivity contribution >= 4 is 16.9 Å². The molecule has 1 aromatic heterocycles. The lowest BCUT2D eigenvalue weighted by Gasteiger charge is -2.02. The van der Waals surface area contributed by atoms with Gasteiger partial charge in [0.05, 0.1) is 11.3 Å². The van der Waals surface area contributed by atoms with E-state index in [1.165, 1.54) is 6.92 Å². The van der Waals surface area contributed by atoms with Gasteiger partial charge in [0.25, 0.3) is 0 Å². The Kier molecular flexibility index (Phi) is 4.52. The Hall–Kier alpha value is -1.55. The second-order valence-electron chi connectivity index (χ2n) is 2.88. The summed E-state index contributed by atoms with van der Waals surface area (Å²) in [6.45, 7) is 1.41. The maximum atomic E-state index is 12.1. The molecule has 0 aromatic carbocycles. The van der Waals surface area contributed by atoms with E-state index in [1.807, 2.05) is 0 Å². The van der Waals surface area contributed by atoms with Gasteiger partial charge < -0.3 is 0 Å². The molecule has 0 saturated carbocycles. The summed E-state index contributed by atoms with van der Waals surface area (Å²) in [6.07, 6.45) is -2.54. The van der Waals surface area contributed by atoms with Crippen LogP contribution < -0.4 is 0 Å². The first-order valence-corrected chi connectivity index (χ1v) is 5.39. The zero-order valence-electron chi connectivity index (χ0n) is 8.71. The molecule has 1 rings (SSSR count). The summed E-state index contributed by atoms with van der Waals surface area (Å²) in [5.41, 5.74) is 0.280. The number of hydrogen-bond acceptors (Lipinski definition) is 4. The Labute approximate surface area is 99.8 Å². The summed E-state index contributed by atoms with van der Waals surface area (Å²) in [7, 11) is 0. The Balaban J connectivity index is 2.66. The molecule has 0 unspecified atom stereocenters. The van der Waals surface area contributed by atoms with Crippen LogP contribution in [-0.4, -0.2) is 20.8 Å². The largest absolute Gasteiger partial charge is 0.451 e. The third-order valence-corrected chi connectivity index (χ3v) is 2.18. The number of carbonyl (C=O) groups excluding carboxylic acids is 1. The van der Waals surface area contributed by atoms with Gasteiger partial charge in [-0.2, -0.15) is 13.2 Å². The predicted molar refractivity (Wildman–Crippen MR) is 57.1 cm³/mol. The van der Waals surface area contributed by atoms with Crippen LogP contribution in [0, 0.1) is 11.8 Å². The van der Waals surface area contributed by atoms with Crippen LogP contribution in [0.2, 0.25) is 0 Å². The summed E-state index contributed by atoms with van der Waals surface area (Å²) >= 11 is 1.02. The molecule has 0 N–H and O–H groups in total. The van der Waals surface area contributed by atoms with Gasteiger partial charge in [0.1, 0.15) is 0 Å². The van der Waals surface area contributed by atoms with E-state index in [-0.39, 0.29) is 16.4 Å². The zero-order chi connectivity index (χ0) is 12.9. The van der Waals surface area contributed by atoms with E-state index in [0.717, 1.165) is 24.2 Å². The number of hydrogen-bond donors (Lipinski definition) is 0. The number of nitrogens with zero attached hydrogens (tertiary/aromatic N) is 2. The highest BCUT2D eigenvalue weighted by Crippen LogP contribution is 2.25. The molecule has 0 amide bonds. The molecule has 1 aromatic rings. The van der Waals surface area contributed by atoms with Crippen LogP contribution in [0.5, 0.6) is 0 Å². The Morgan fingerprint density at radius 3 is 2.47 bits per heavy atom. The molecule has 0 fully saturated rings. The molecule has 0 bridgehead atoms. The van der Waals surface area contributed by atoms with E-state index in [4.69, 9.17) is 0 Å². The van der Waals surface area contributed by atoms with E-state index in [1.54, 1.807) is 0 Å². The summed E-state index contributed by atoms with van der Waals surface area (Å²) in [5, 5.41) is -0.0667. The Bertz CT molecular complexity index is 459. The second-order valence-corrected chi connectivity index (χ2v) is 4.03. The van der Waals surface area contributed by atoms with Gasteiger partial charge in [-0.1, -0.05) is 23.6 Å². The minimum atomic E-state index is -4.55. The van der Waals surface area contributed by atoms with Gasteiger partial charge >= 0.3 is 6.18 Å². The summed E-state index contributed by atoms with van der Waals surface area (Å²) in [4.78, 5) is 16.9. The van der Waals surface area contributed by atoms with Gasteiger partial charge in [0, 0.05) is 19.3 Å². The maximum absolute atomic E-state index is 12.1. The van der Waals surface area contributed by atoms with Crippen molar-refractivity contribution in [2.75, 3.05) is 5.75 Å². The van der Waals surface area contributed by atoms with Crippen molar-refractivity contribution in [3.8, 4) is 11.8 Å². The van der Waals surface area contributed by atoms with Gasteiger partial charge in [-0.3, -0.25) is 4.79 Å². The SMILES string of the molecule is CC(=O)SCC#Cc1cnc(C(F)(F)F)nc1. The van der Waals surface area contributed by atoms with Crippen LogP contribution in [0.4, 0.5) is 13.2 Å². The number of rotatable bonds is 1. The topological polar surface area (TPSA) is 42.9 Å². The van der Waals surface area contributed by atoms with Gasteiger partial charge in [-0.05, 0) is 0 Å². The maximum Gasteiger partial charge on any atom is 0.451 e. The van der Waals surface area contributed by atoms with Crippen LogP contribution in [0.1, 0.15) is 18.3 Å². The first kappa shape index (κ1) is 13.5.